The highest BCUT2D eigenvalue weighted by Gasteiger charge is 2.39. The van der Waals surface area contributed by atoms with Crippen LogP contribution in [0.2, 0.25) is 0 Å². The first-order chi connectivity index (χ1) is 8.86. The first kappa shape index (κ1) is 12.2. The van der Waals surface area contributed by atoms with E-state index in [0.717, 1.165) is 24.5 Å². The van der Waals surface area contributed by atoms with E-state index in [2.05, 4.69) is 35.2 Å². The standard InChI is InChI=1S/C16H24N2/c17-12-14-10-15-6-7-16(11-14)18(15)9-8-13-4-2-1-3-5-13/h1-5,14-16H,6-12,17H2. The van der Waals surface area contributed by atoms with Gasteiger partial charge in [-0.2, -0.15) is 0 Å². The number of rotatable bonds is 4. The zero-order valence-electron chi connectivity index (χ0n) is 11.1. The lowest BCUT2D eigenvalue weighted by molar-refractivity contribution is 0.108. The van der Waals surface area contributed by atoms with Gasteiger partial charge in [-0.25, -0.2) is 0 Å². The molecule has 2 bridgehead atoms. The van der Waals surface area contributed by atoms with Crippen molar-refractivity contribution < 1.29 is 0 Å². The van der Waals surface area contributed by atoms with Crippen LogP contribution < -0.4 is 5.73 Å². The molecular formula is C16H24N2. The quantitative estimate of drug-likeness (QED) is 0.881. The molecule has 2 unspecified atom stereocenters. The van der Waals surface area contributed by atoms with E-state index < -0.39 is 0 Å². The number of piperidine rings is 1. The maximum atomic E-state index is 5.85. The van der Waals surface area contributed by atoms with Gasteiger partial charge in [-0.15, -0.1) is 0 Å². The van der Waals surface area contributed by atoms with Crippen molar-refractivity contribution in [2.45, 2.75) is 44.2 Å². The second-order valence-electron chi connectivity index (χ2n) is 5.93. The lowest BCUT2D eigenvalue weighted by atomic mass is 9.90. The Morgan fingerprint density at radius 2 is 1.72 bits per heavy atom. The van der Waals surface area contributed by atoms with Crippen molar-refractivity contribution in [2.75, 3.05) is 13.1 Å². The van der Waals surface area contributed by atoms with Crippen LogP contribution in [-0.2, 0) is 6.42 Å². The van der Waals surface area contributed by atoms with Crippen LogP contribution in [0.15, 0.2) is 30.3 Å². The highest BCUT2D eigenvalue weighted by atomic mass is 15.2. The van der Waals surface area contributed by atoms with E-state index >= 15 is 0 Å². The second-order valence-corrected chi connectivity index (χ2v) is 5.93. The van der Waals surface area contributed by atoms with Gasteiger partial charge in [0, 0.05) is 18.6 Å². The summed E-state index contributed by atoms with van der Waals surface area (Å²) >= 11 is 0. The van der Waals surface area contributed by atoms with Crippen molar-refractivity contribution in [3.05, 3.63) is 35.9 Å². The highest BCUT2D eigenvalue weighted by molar-refractivity contribution is 5.15. The van der Waals surface area contributed by atoms with E-state index in [0.29, 0.717) is 0 Å². The van der Waals surface area contributed by atoms with Gasteiger partial charge in [0.25, 0.3) is 0 Å². The molecule has 2 heterocycles. The average molecular weight is 244 g/mol. The summed E-state index contributed by atoms with van der Waals surface area (Å²) in [6.07, 6.45) is 6.66. The van der Waals surface area contributed by atoms with E-state index in [9.17, 15) is 0 Å². The summed E-state index contributed by atoms with van der Waals surface area (Å²) in [6, 6.07) is 12.5. The van der Waals surface area contributed by atoms with E-state index in [1.165, 1.54) is 44.2 Å². The van der Waals surface area contributed by atoms with E-state index in [4.69, 9.17) is 5.73 Å². The molecular weight excluding hydrogens is 220 g/mol. The Kier molecular flexibility index (Phi) is 3.67. The average Bonchev–Trinajstić information content (AvgIpc) is 2.66. The van der Waals surface area contributed by atoms with Gasteiger partial charge in [0.2, 0.25) is 0 Å². The minimum atomic E-state index is 0.787. The second kappa shape index (κ2) is 5.41. The van der Waals surface area contributed by atoms with Crippen molar-refractivity contribution in [2.24, 2.45) is 11.7 Å². The zero-order chi connectivity index (χ0) is 12.4. The number of nitrogens with zero attached hydrogens (tertiary/aromatic N) is 1. The third-order valence-electron chi connectivity index (χ3n) is 4.82. The maximum Gasteiger partial charge on any atom is 0.0102 e. The van der Waals surface area contributed by atoms with E-state index in [1.807, 2.05) is 0 Å². The van der Waals surface area contributed by atoms with Crippen LogP contribution in [0.1, 0.15) is 31.2 Å². The van der Waals surface area contributed by atoms with Crippen LogP contribution in [0.25, 0.3) is 0 Å². The van der Waals surface area contributed by atoms with Crippen molar-refractivity contribution in [1.29, 1.82) is 0 Å². The monoisotopic (exact) mass is 244 g/mol. The molecule has 0 aliphatic carbocycles. The molecule has 2 saturated heterocycles. The lowest BCUT2D eigenvalue weighted by Gasteiger charge is -2.38. The van der Waals surface area contributed by atoms with Gasteiger partial charge >= 0.3 is 0 Å². The van der Waals surface area contributed by atoms with Crippen LogP contribution in [0.4, 0.5) is 0 Å². The van der Waals surface area contributed by atoms with Crippen molar-refractivity contribution in [3.63, 3.8) is 0 Å². The molecule has 0 radical (unpaired) electrons. The Balaban J connectivity index is 1.58. The summed E-state index contributed by atoms with van der Waals surface area (Å²) in [5.74, 6) is 0.787. The molecule has 0 saturated carbocycles. The van der Waals surface area contributed by atoms with Gasteiger partial charge in [-0.3, -0.25) is 4.90 Å². The molecule has 2 fully saturated rings. The molecule has 2 atom stereocenters. The van der Waals surface area contributed by atoms with Gasteiger partial charge in [0.1, 0.15) is 0 Å². The predicted octanol–water partition coefficient (Wildman–Crippen LogP) is 2.43. The predicted molar refractivity (Wildman–Crippen MR) is 75.4 cm³/mol. The molecule has 98 valence electrons. The normalized spacial score (nSPS) is 31.7. The van der Waals surface area contributed by atoms with Crippen LogP contribution in [-0.4, -0.2) is 30.1 Å². The number of nitrogens with two attached hydrogens (primary N) is 1. The smallest absolute Gasteiger partial charge is 0.0102 e. The number of benzene rings is 1. The van der Waals surface area contributed by atoms with Gasteiger partial charge in [0.05, 0.1) is 0 Å². The molecule has 2 N–H and O–H groups in total. The first-order valence-corrected chi connectivity index (χ1v) is 7.36. The first-order valence-electron chi connectivity index (χ1n) is 7.36. The minimum absolute atomic E-state index is 0.787. The number of fused-ring (bicyclic) bond motifs is 2. The molecule has 0 amide bonds. The summed E-state index contributed by atoms with van der Waals surface area (Å²) in [6.45, 7) is 2.12. The fourth-order valence-corrected chi connectivity index (χ4v) is 3.85. The molecule has 0 aromatic heterocycles. The van der Waals surface area contributed by atoms with Crippen LogP contribution in [0.3, 0.4) is 0 Å². The van der Waals surface area contributed by atoms with Crippen molar-refractivity contribution in [1.82, 2.24) is 4.90 Å². The molecule has 0 spiro atoms. The molecule has 2 nitrogen and oxygen atoms in total. The molecule has 3 rings (SSSR count). The third kappa shape index (κ3) is 2.45. The maximum absolute atomic E-state index is 5.85. The summed E-state index contributed by atoms with van der Waals surface area (Å²) < 4.78 is 0. The molecule has 2 aliphatic rings. The lowest BCUT2D eigenvalue weighted by Crippen LogP contribution is -2.45. The Morgan fingerprint density at radius 1 is 1.06 bits per heavy atom. The van der Waals surface area contributed by atoms with Crippen LogP contribution >= 0.6 is 0 Å². The minimum Gasteiger partial charge on any atom is -0.330 e. The summed E-state index contributed by atoms with van der Waals surface area (Å²) in [5, 5.41) is 0. The molecule has 2 aliphatic heterocycles. The zero-order valence-corrected chi connectivity index (χ0v) is 11.1. The van der Waals surface area contributed by atoms with E-state index in [1.54, 1.807) is 0 Å². The summed E-state index contributed by atoms with van der Waals surface area (Å²) in [4.78, 5) is 2.76. The largest absolute Gasteiger partial charge is 0.330 e. The third-order valence-corrected chi connectivity index (χ3v) is 4.82. The number of hydrogen-bond donors (Lipinski definition) is 1. The highest BCUT2D eigenvalue weighted by Crippen LogP contribution is 2.38. The Morgan fingerprint density at radius 3 is 2.33 bits per heavy atom. The SMILES string of the molecule is NCC1CC2CCC(C1)N2CCc1ccccc1. The van der Waals surface area contributed by atoms with Crippen molar-refractivity contribution >= 4 is 0 Å². The molecule has 18 heavy (non-hydrogen) atoms. The Hall–Kier alpha value is -0.860. The van der Waals surface area contributed by atoms with E-state index in [-0.39, 0.29) is 0 Å². The van der Waals surface area contributed by atoms with Crippen LogP contribution in [0.5, 0.6) is 0 Å². The fourth-order valence-electron chi connectivity index (χ4n) is 3.85. The van der Waals surface area contributed by atoms with Crippen LogP contribution in [0, 0.1) is 5.92 Å². The van der Waals surface area contributed by atoms with Crippen molar-refractivity contribution in [3.8, 4) is 0 Å². The Bertz CT molecular complexity index is 362. The van der Waals surface area contributed by atoms with Gasteiger partial charge in [0.15, 0.2) is 0 Å². The number of hydrogen-bond acceptors (Lipinski definition) is 2. The van der Waals surface area contributed by atoms with Gasteiger partial charge < -0.3 is 5.73 Å². The summed E-state index contributed by atoms with van der Waals surface area (Å²) in [7, 11) is 0. The topological polar surface area (TPSA) is 29.3 Å². The van der Waals surface area contributed by atoms with Gasteiger partial charge in [-0.05, 0) is 50.1 Å². The summed E-state index contributed by atoms with van der Waals surface area (Å²) in [5.41, 5.74) is 7.32. The molecule has 1 aromatic rings. The van der Waals surface area contributed by atoms with Gasteiger partial charge in [-0.1, -0.05) is 30.3 Å². The fraction of sp³-hybridized carbons (Fsp3) is 0.625. The molecule has 1 aromatic carbocycles. The Labute approximate surface area is 110 Å². The molecule has 2 heteroatoms.